The highest BCUT2D eigenvalue weighted by Gasteiger charge is 2.32. The van der Waals surface area contributed by atoms with Crippen LogP contribution in [0.5, 0.6) is 0 Å². The quantitative estimate of drug-likeness (QED) is 0.182. The number of benzene rings is 4. The summed E-state index contributed by atoms with van der Waals surface area (Å²) >= 11 is 0. The molecule has 0 unspecified atom stereocenters. The Morgan fingerprint density at radius 1 is 0.683 bits per heavy atom. The van der Waals surface area contributed by atoms with Crippen molar-refractivity contribution in [1.82, 2.24) is 0 Å². The molecule has 1 aliphatic carbocycles. The molecule has 0 amide bonds. The van der Waals surface area contributed by atoms with E-state index < -0.39 is 10.1 Å². The highest BCUT2D eigenvalue weighted by molar-refractivity contribution is 7.90. The molecule has 0 bridgehead atoms. The molecule has 0 saturated carbocycles. The molecule has 0 heterocycles. The van der Waals surface area contributed by atoms with Crippen LogP contribution in [-0.4, -0.2) is 13.0 Å². The number of aryl methyl sites for hydroxylation is 2. The van der Waals surface area contributed by atoms with E-state index in [2.05, 4.69) is 111 Å². The average molecular weight is 560 g/mol. The van der Waals surface area contributed by atoms with Crippen LogP contribution in [-0.2, 0) is 23.0 Å². The summed E-state index contributed by atoms with van der Waals surface area (Å²) in [6, 6.07) is 34.2. The van der Waals surface area contributed by atoms with Gasteiger partial charge in [-0.3, -0.25) is 4.55 Å². The van der Waals surface area contributed by atoms with Crippen LogP contribution < -0.4 is 0 Å². The molecule has 5 rings (SSSR count). The zero-order valence-electron chi connectivity index (χ0n) is 24.0. The molecule has 0 atom stereocenters. The molecule has 41 heavy (non-hydrogen) atoms. The van der Waals surface area contributed by atoms with E-state index in [4.69, 9.17) is 0 Å². The Kier molecular flexibility index (Phi) is 8.16. The van der Waals surface area contributed by atoms with Gasteiger partial charge in [0.1, 0.15) is 5.57 Å². The van der Waals surface area contributed by atoms with Gasteiger partial charge in [-0.1, -0.05) is 72.8 Å². The fraction of sp³-hybridized carbons (Fsp3) is 0.162. The number of hydrogen-bond donors (Lipinski definition) is 1. The van der Waals surface area contributed by atoms with Crippen LogP contribution in [0, 0.1) is 19.8 Å². The Balaban J connectivity index is 1.56. The summed E-state index contributed by atoms with van der Waals surface area (Å²) in [6.07, 6.45) is 4.82. The largest absolute Gasteiger partial charge is 0.330 e. The van der Waals surface area contributed by atoms with E-state index >= 15 is 0 Å². The van der Waals surface area contributed by atoms with E-state index in [1.54, 1.807) is 12.2 Å². The van der Waals surface area contributed by atoms with E-state index in [1.807, 2.05) is 13.8 Å². The molecule has 3 nitrogen and oxygen atoms in total. The predicted octanol–water partition coefficient (Wildman–Crippen LogP) is 8.61. The van der Waals surface area contributed by atoms with Gasteiger partial charge in [0.25, 0.3) is 0 Å². The third kappa shape index (κ3) is 6.45. The number of hydrogen-bond acceptors (Lipinski definition) is 2. The molecule has 0 fully saturated rings. The minimum absolute atomic E-state index is 0.0854. The molecule has 1 N–H and O–H groups in total. The Labute approximate surface area is 244 Å². The summed E-state index contributed by atoms with van der Waals surface area (Å²) in [5, 5.41) is 0. The van der Waals surface area contributed by atoms with Gasteiger partial charge in [0.05, 0.1) is 5.57 Å². The third-order valence-electron chi connectivity index (χ3n) is 7.85. The van der Waals surface area contributed by atoms with Crippen molar-refractivity contribution in [3.05, 3.63) is 176 Å². The third-order valence-corrected chi connectivity index (χ3v) is 8.68. The fourth-order valence-corrected chi connectivity index (χ4v) is 6.21. The average Bonchev–Trinajstić information content (AvgIpc) is 2.94. The molecule has 0 aromatic heterocycles. The first-order valence-corrected chi connectivity index (χ1v) is 15.3. The van der Waals surface area contributed by atoms with Crippen LogP contribution in [0.3, 0.4) is 0 Å². The van der Waals surface area contributed by atoms with Gasteiger partial charge in [-0.25, -0.2) is 0 Å². The predicted molar refractivity (Wildman–Crippen MR) is 169 cm³/mol. The normalized spacial score (nSPS) is 13.6. The lowest BCUT2D eigenvalue weighted by Gasteiger charge is -2.18. The van der Waals surface area contributed by atoms with Gasteiger partial charge in [0.2, 0.25) is 0 Å². The molecule has 0 saturated heterocycles. The summed E-state index contributed by atoms with van der Waals surface area (Å²) < 4.78 is 33.6. The van der Waals surface area contributed by atoms with Crippen molar-refractivity contribution in [1.29, 1.82) is 0 Å². The summed E-state index contributed by atoms with van der Waals surface area (Å²) in [6.45, 7) is 8.08. The topological polar surface area (TPSA) is 54.4 Å². The van der Waals surface area contributed by atoms with E-state index in [1.165, 1.54) is 33.4 Å². The van der Waals surface area contributed by atoms with Crippen molar-refractivity contribution in [2.45, 2.75) is 40.5 Å². The lowest BCUT2D eigenvalue weighted by Crippen LogP contribution is -2.11. The van der Waals surface area contributed by atoms with E-state index in [0.717, 1.165) is 46.6 Å². The molecular weight excluding hydrogens is 524 g/mol. The maximum atomic E-state index is 11.9. The molecule has 0 spiro atoms. The van der Waals surface area contributed by atoms with Crippen molar-refractivity contribution in [2.24, 2.45) is 0 Å². The molecule has 1 aliphatic rings. The Morgan fingerprint density at radius 3 is 1.51 bits per heavy atom. The highest BCUT2D eigenvalue weighted by Crippen LogP contribution is 2.40. The molecule has 0 radical (unpaired) electrons. The van der Waals surface area contributed by atoms with E-state index in [0.29, 0.717) is 0 Å². The van der Waals surface area contributed by atoms with Crippen LogP contribution in [0.25, 0.3) is 5.57 Å². The summed E-state index contributed by atoms with van der Waals surface area (Å²) in [5.74, 6) is 0.792. The second-order valence-corrected chi connectivity index (χ2v) is 12.3. The summed E-state index contributed by atoms with van der Waals surface area (Å²) in [7, 11) is -4.31. The van der Waals surface area contributed by atoms with Crippen molar-refractivity contribution in [3.63, 3.8) is 0 Å². The number of rotatable bonds is 7. The van der Waals surface area contributed by atoms with Gasteiger partial charge in [-0.15, -0.1) is 0 Å². The van der Waals surface area contributed by atoms with Crippen LogP contribution in [0.2, 0.25) is 0 Å². The fourth-order valence-electron chi connectivity index (χ4n) is 5.56. The van der Waals surface area contributed by atoms with Crippen molar-refractivity contribution < 1.29 is 13.0 Å². The van der Waals surface area contributed by atoms with Crippen LogP contribution in [0.1, 0.15) is 58.4 Å². The molecular formula is C37H35O3S+. The van der Waals surface area contributed by atoms with Crippen LogP contribution in [0.15, 0.2) is 125 Å². The van der Waals surface area contributed by atoms with E-state index in [-0.39, 0.29) is 4.91 Å². The van der Waals surface area contributed by atoms with Crippen LogP contribution >= 0.6 is 0 Å². The minimum atomic E-state index is -4.31. The van der Waals surface area contributed by atoms with Crippen molar-refractivity contribution in [2.75, 3.05) is 0 Å². The van der Waals surface area contributed by atoms with Gasteiger partial charge in [-0.2, -0.15) is 8.42 Å². The first-order chi connectivity index (χ1) is 19.6. The molecule has 4 heteroatoms. The maximum Gasteiger partial charge on any atom is 0.330 e. The molecule has 4 aromatic rings. The Bertz CT molecular complexity index is 1680. The van der Waals surface area contributed by atoms with Crippen molar-refractivity contribution in [3.8, 4) is 0 Å². The maximum absolute atomic E-state index is 11.9. The molecule has 4 aromatic carbocycles. The zero-order valence-corrected chi connectivity index (χ0v) is 24.8. The SMILES string of the molecule is CC1=CC(S(=O)(=O)O)=C[C+](C)C1=C(c1ccc(Cc2ccccc2C)cc1)c1ccc(Cc2ccccc2C)cc1. The second kappa shape index (κ2) is 11.8. The standard InChI is InChI=1S/C37H34O3S/c1-25-9-5-7-11-33(25)23-29-13-17-31(18-14-29)37(36-27(3)21-35(22-28(36)4)41(38,39)40)32-19-15-30(16-20-32)24-34-12-8-6-10-26(34)2/h5-22H,23-24H2,1-4H3/p+1. The lowest BCUT2D eigenvalue weighted by molar-refractivity contribution is 0.492. The smallest absolute Gasteiger partial charge is 0.275 e. The summed E-state index contributed by atoms with van der Waals surface area (Å²) in [5.41, 5.74) is 12.5. The van der Waals surface area contributed by atoms with Crippen molar-refractivity contribution >= 4 is 15.7 Å². The van der Waals surface area contributed by atoms with Gasteiger partial charge in [-0.05, 0) is 98.2 Å². The van der Waals surface area contributed by atoms with Gasteiger partial charge in [0.15, 0.2) is 4.91 Å². The van der Waals surface area contributed by atoms with Gasteiger partial charge in [0, 0.05) is 34.8 Å². The number of allylic oxidation sites excluding steroid dienone is 4. The first kappa shape index (κ1) is 28.4. The summed E-state index contributed by atoms with van der Waals surface area (Å²) in [4.78, 5) is -0.0854. The second-order valence-electron chi connectivity index (χ2n) is 10.9. The Morgan fingerprint density at radius 2 is 1.12 bits per heavy atom. The minimum Gasteiger partial charge on any atom is -0.275 e. The van der Waals surface area contributed by atoms with Gasteiger partial charge < -0.3 is 0 Å². The highest BCUT2D eigenvalue weighted by atomic mass is 32.2. The molecule has 206 valence electrons. The van der Waals surface area contributed by atoms with Crippen LogP contribution in [0.4, 0.5) is 0 Å². The Hall–Kier alpha value is -4.12. The monoisotopic (exact) mass is 559 g/mol. The first-order valence-electron chi connectivity index (χ1n) is 13.8. The van der Waals surface area contributed by atoms with E-state index in [9.17, 15) is 13.0 Å². The lowest BCUT2D eigenvalue weighted by atomic mass is 9.81. The zero-order chi connectivity index (χ0) is 29.1. The van der Waals surface area contributed by atoms with Gasteiger partial charge >= 0.3 is 10.1 Å². The molecule has 0 aliphatic heterocycles.